The number of allylic oxidation sites excluding steroid dienone is 4. The molecule has 260 valence electrons. The van der Waals surface area contributed by atoms with Gasteiger partial charge >= 0.3 is 0 Å². The molecule has 0 saturated heterocycles. The first-order valence-electron chi connectivity index (χ1n) is 16.8. The average molecular weight is 718 g/mol. The highest BCUT2D eigenvalue weighted by atomic mass is 32.2. The Bertz CT molecular complexity index is 2480. The minimum Gasteiger partial charge on any atom is -0.339 e. The lowest BCUT2D eigenvalue weighted by Gasteiger charge is -2.26. The third-order valence-electron chi connectivity index (χ3n) is 9.21. The Morgan fingerprint density at radius 1 is 0.863 bits per heavy atom. The predicted octanol–water partition coefficient (Wildman–Crippen LogP) is 7.38. The van der Waals surface area contributed by atoms with E-state index in [-0.39, 0.29) is 5.75 Å². The monoisotopic (exact) mass is 717 g/mol. The molecule has 9 nitrogen and oxygen atoms in total. The summed E-state index contributed by atoms with van der Waals surface area (Å²) < 4.78 is 54.0. The molecule has 3 aromatic heterocycles. The van der Waals surface area contributed by atoms with Gasteiger partial charge in [0.15, 0.2) is 9.84 Å². The quantitative estimate of drug-likeness (QED) is 0.140. The highest BCUT2D eigenvalue weighted by Gasteiger charge is 2.22. The fourth-order valence-electron chi connectivity index (χ4n) is 6.72. The summed E-state index contributed by atoms with van der Waals surface area (Å²) in [5, 5.41) is 1.84. The number of anilines is 1. The van der Waals surface area contributed by atoms with Gasteiger partial charge in [-0.25, -0.2) is 21.8 Å². The molecular weight excluding hydrogens is 679 g/mol. The van der Waals surface area contributed by atoms with Gasteiger partial charge in [-0.15, -0.1) is 0 Å². The van der Waals surface area contributed by atoms with Crippen LogP contribution in [-0.2, 0) is 32.2 Å². The summed E-state index contributed by atoms with van der Waals surface area (Å²) in [6.07, 6.45) is 14.7. The first kappa shape index (κ1) is 34.4. The lowest BCUT2D eigenvalue weighted by Crippen LogP contribution is -2.36. The van der Waals surface area contributed by atoms with Crippen LogP contribution in [0.3, 0.4) is 0 Å². The largest absolute Gasteiger partial charge is 0.339 e. The standard InChI is InChI=1S/C40H39N5O4S2/c1-44(27-30-10-9-21-41-25-30)22-23-45(50(2,46)47)33-18-16-31(17-19-33)36-26-42-40-39(38(36)32-11-5-3-6-12-32)35-24-29(15-20-37(35)43-40)28-51(48,49)34-13-7-4-8-14-34/h3-5,7-11,13-21,24-26H,6,12,22-23,27-28H2,1-2H3,(H,42,43). The number of rotatable bonds is 12. The fourth-order valence-corrected chi connectivity index (χ4v) is 9.00. The Balaban J connectivity index is 1.25. The fraction of sp³-hybridized carbons (Fsp3) is 0.200. The van der Waals surface area contributed by atoms with Crippen molar-refractivity contribution >= 4 is 53.1 Å². The van der Waals surface area contributed by atoms with Crippen LogP contribution in [-0.4, -0.2) is 63.1 Å². The summed E-state index contributed by atoms with van der Waals surface area (Å²) in [6.45, 7) is 1.49. The van der Waals surface area contributed by atoms with E-state index in [1.54, 1.807) is 36.5 Å². The summed E-state index contributed by atoms with van der Waals surface area (Å²) in [7, 11) is -5.13. The van der Waals surface area contributed by atoms with Crippen LogP contribution in [0, 0.1) is 0 Å². The normalized spacial score (nSPS) is 13.6. The second kappa shape index (κ2) is 14.3. The number of nitrogens with one attached hydrogen (secondary N) is 1. The summed E-state index contributed by atoms with van der Waals surface area (Å²) >= 11 is 0. The number of benzene rings is 3. The first-order valence-corrected chi connectivity index (χ1v) is 20.3. The highest BCUT2D eigenvalue weighted by molar-refractivity contribution is 7.92. The molecule has 3 heterocycles. The molecule has 0 fully saturated rings. The second-order valence-electron chi connectivity index (χ2n) is 13.0. The molecule has 0 unspecified atom stereocenters. The molecule has 0 amide bonds. The SMILES string of the molecule is CN(CCN(c1ccc(-c2cnc3[nH]c4ccc(CS(=O)(=O)c5ccccc5)cc4c3c2C2=CC=CCC2)cc1)S(C)(=O)=O)Cc1cccnc1. The van der Waals surface area contributed by atoms with Gasteiger partial charge in [-0.05, 0) is 90.2 Å². The molecule has 51 heavy (non-hydrogen) atoms. The molecule has 11 heteroatoms. The number of hydrogen-bond acceptors (Lipinski definition) is 7. The van der Waals surface area contributed by atoms with Gasteiger partial charge in [0.05, 0.1) is 22.6 Å². The number of sulfone groups is 1. The van der Waals surface area contributed by atoms with Crippen molar-refractivity contribution in [2.45, 2.75) is 30.0 Å². The average Bonchev–Trinajstić information content (AvgIpc) is 3.50. The van der Waals surface area contributed by atoms with Crippen molar-refractivity contribution in [3.63, 3.8) is 0 Å². The zero-order chi connectivity index (χ0) is 35.6. The van der Waals surface area contributed by atoms with E-state index in [0.717, 1.165) is 62.6 Å². The van der Waals surface area contributed by atoms with Crippen molar-refractivity contribution in [2.75, 3.05) is 30.7 Å². The Kier molecular flexibility index (Phi) is 9.61. The number of sulfonamides is 1. The number of aromatic amines is 1. The molecule has 0 radical (unpaired) electrons. The van der Waals surface area contributed by atoms with Gasteiger partial charge in [-0.1, -0.05) is 60.7 Å². The van der Waals surface area contributed by atoms with E-state index in [4.69, 9.17) is 4.98 Å². The van der Waals surface area contributed by atoms with Crippen molar-refractivity contribution in [1.29, 1.82) is 0 Å². The van der Waals surface area contributed by atoms with Crippen LogP contribution >= 0.6 is 0 Å². The molecule has 0 atom stereocenters. The molecular formula is C40H39N5O4S2. The number of aromatic nitrogens is 3. The second-order valence-corrected chi connectivity index (χ2v) is 16.9. The van der Waals surface area contributed by atoms with Gasteiger partial charge in [-0.3, -0.25) is 9.29 Å². The Morgan fingerprint density at radius 2 is 1.67 bits per heavy atom. The number of H-pyrrole nitrogens is 1. The number of fused-ring (bicyclic) bond motifs is 3. The van der Waals surface area contributed by atoms with E-state index in [1.165, 1.54) is 10.6 Å². The predicted molar refractivity (Wildman–Crippen MR) is 205 cm³/mol. The lowest BCUT2D eigenvalue weighted by molar-refractivity contribution is 0.336. The molecule has 0 saturated carbocycles. The Morgan fingerprint density at radius 3 is 2.37 bits per heavy atom. The molecule has 3 aromatic carbocycles. The lowest BCUT2D eigenvalue weighted by atomic mass is 9.88. The Labute approximate surface area is 299 Å². The third-order valence-corrected chi connectivity index (χ3v) is 12.1. The van der Waals surface area contributed by atoms with Crippen LogP contribution in [0.1, 0.15) is 29.5 Å². The van der Waals surface area contributed by atoms with Crippen molar-refractivity contribution < 1.29 is 16.8 Å². The molecule has 0 bridgehead atoms. The van der Waals surface area contributed by atoms with Crippen LogP contribution in [0.5, 0.6) is 0 Å². The minimum absolute atomic E-state index is 0.120. The number of nitrogens with zero attached hydrogens (tertiary/aromatic N) is 4. The van der Waals surface area contributed by atoms with E-state index in [0.29, 0.717) is 35.8 Å². The third kappa shape index (κ3) is 7.51. The van der Waals surface area contributed by atoms with Crippen molar-refractivity contribution in [1.82, 2.24) is 19.9 Å². The Hall–Kier alpha value is -5.10. The van der Waals surface area contributed by atoms with Gasteiger partial charge in [0.1, 0.15) is 5.65 Å². The van der Waals surface area contributed by atoms with Gasteiger partial charge in [0, 0.05) is 60.1 Å². The van der Waals surface area contributed by atoms with E-state index < -0.39 is 19.9 Å². The molecule has 1 aliphatic rings. The molecule has 1 N–H and O–H groups in total. The van der Waals surface area contributed by atoms with Gasteiger partial charge in [0.25, 0.3) is 0 Å². The van der Waals surface area contributed by atoms with Gasteiger partial charge in [-0.2, -0.15) is 0 Å². The summed E-state index contributed by atoms with van der Waals surface area (Å²) in [6, 6.07) is 25.7. The maximum absolute atomic E-state index is 13.3. The molecule has 1 aliphatic carbocycles. The summed E-state index contributed by atoms with van der Waals surface area (Å²) in [4.78, 5) is 14.8. The minimum atomic E-state index is -3.55. The maximum Gasteiger partial charge on any atom is 0.232 e. The summed E-state index contributed by atoms with van der Waals surface area (Å²) in [5.41, 5.74) is 7.93. The zero-order valence-corrected chi connectivity index (χ0v) is 30.2. The number of pyridine rings is 2. The molecule has 6 aromatic rings. The first-order chi connectivity index (χ1) is 24.6. The van der Waals surface area contributed by atoms with Crippen molar-refractivity contribution in [3.8, 4) is 11.1 Å². The smallest absolute Gasteiger partial charge is 0.232 e. The summed E-state index contributed by atoms with van der Waals surface area (Å²) in [5.74, 6) is -0.120. The van der Waals surface area contributed by atoms with Crippen LogP contribution in [0.2, 0.25) is 0 Å². The molecule has 0 aliphatic heterocycles. The van der Waals surface area contributed by atoms with Gasteiger partial charge in [0.2, 0.25) is 10.0 Å². The van der Waals surface area contributed by atoms with Crippen LogP contribution < -0.4 is 4.31 Å². The van der Waals surface area contributed by atoms with Crippen molar-refractivity contribution in [2.24, 2.45) is 0 Å². The van der Waals surface area contributed by atoms with E-state index in [9.17, 15) is 16.8 Å². The van der Waals surface area contributed by atoms with Crippen LogP contribution in [0.15, 0.2) is 127 Å². The number of hydrogen-bond donors (Lipinski definition) is 1. The highest BCUT2D eigenvalue weighted by Crippen LogP contribution is 2.41. The van der Waals surface area contributed by atoms with E-state index in [1.807, 2.05) is 74.0 Å². The van der Waals surface area contributed by atoms with Gasteiger partial charge < -0.3 is 9.88 Å². The van der Waals surface area contributed by atoms with E-state index >= 15 is 0 Å². The zero-order valence-electron chi connectivity index (χ0n) is 28.5. The topological polar surface area (TPSA) is 116 Å². The maximum atomic E-state index is 13.3. The molecule has 7 rings (SSSR count). The van der Waals surface area contributed by atoms with Crippen molar-refractivity contribution in [3.05, 3.63) is 138 Å². The van der Waals surface area contributed by atoms with Crippen LogP contribution in [0.4, 0.5) is 5.69 Å². The molecule has 0 spiro atoms. The van der Waals surface area contributed by atoms with E-state index in [2.05, 4.69) is 33.1 Å². The van der Waals surface area contributed by atoms with Crippen LogP contribution in [0.25, 0.3) is 38.6 Å². The number of likely N-dealkylation sites (N-methyl/N-ethyl adjacent to an activating group) is 1.